The molecule has 1 aliphatic rings. The molecule has 0 spiro atoms. The number of halogens is 1. The van der Waals surface area contributed by atoms with Crippen molar-refractivity contribution in [2.75, 3.05) is 31.5 Å². The maximum Gasteiger partial charge on any atom is 0.295 e. The molecule has 3 aromatic heterocycles. The van der Waals surface area contributed by atoms with Crippen molar-refractivity contribution in [1.82, 2.24) is 30.2 Å². The predicted molar refractivity (Wildman–Crippen MR) is 135 cm³/mol. The molecule has 0 atom stereocenters. The number of nitrogens with zero attached hydrogens (tertiary/aromatic N) is 4. The van der Waals surface area contributed by atoms with Gasteiger partial charge in [0.2, 0.25) is 0 Å². The number of aromatic nitrogens is 4. The van der Waals surface area contributed by atoms with Gasteiger partial charge in [-0.25, -0.2) is 19.3 Å². The number of anilines is 2. The number of carbonyl (C=O) groups is 2. The highest BCUT2D eigenvalue weighted by molar-refractivity contribution is 6.45. The van der Waals surface area contributed by atoms with Gasteiger partial charge in [0.1, 0.15) is 17.3 Å². The van der Waals surface area contributed by atoms with E-state index < -0.39 is 11.7 Å². The van der Waals surface area contributed by atoms with Gasteiger partial charge in [0.15, 0.2) is 5.82 Å². The van der Waals surface area contributed by atoms with Crippen LogP contribution < -0.4 is 10.6 Å². The lowest BCUT2D eigenvalue weighted by Crippen LogP contribution is -2.48. The Balaban J connectivity index is 1.54. The summed E-state index contributed by atoms with van der Waals surface area (Å²) >= 11 is 0. The Labute approximate surface area is 207 Å². The van der Waals surface area contributed by atoms with Crippen LogP contribution in [0.3, 0.4) is 0 Å². The summed E-state index contributed by atoms with van der Waals surface area (Å²) in [4.78, 5) is 44.3. The van der Waals surface area contributed by atoms with Gasteiger partial charge in [-0.3, -0.25) is 9.59 Å². The summed E-state index contributed by atoms with van der Waals surface area (Å²) in [7, 11) is 0. The minimum absolute atomic E-state index is 0.105. The first kappa shape index (κ1) is 23.6. The molecule has 1 aromatic carbocycles. The van der Waals surface area contributed by atoms with E-state index >= 15 is 0 Å². The normalized spacial score (nSPS) is 13.8. The van der Waals surface area contributed by atoms with Crippen LogP contribution >= 0.6 is 0 Å². The van der Waals surface area contributed by atoms with E-state index in [0.29, 0.717) is 60.1 Å². The van der Waals surface area contributed by atoms with Crippen LogP contribution in [0.1, 0.15) is 35.7 Å². The van der Waals surface area contributed by atoms with E-state index in [-0.39, 0.29) is 17.3 Å². The fourth-order valence-corrected chi connectivity index (χ4v) is 4.25. The summed E-state index contributed by atoms with van der Waals surface area (Å²) in [5.74, 6) is -0.358. The first-order chi connectivity index (χ1) is 17.4. The molecule has 10 heteroatoms. The van der Waals surface area contributed by atoms with Crippen LogP contribution in [-0.4, -0.2) is 62.7 Å². The molecule has 1 saturated heterocycles. The zero-order valence-electron chi connectivity index (χ0n) is 20.0. The molecule has 1 fully saturated rings. The van der Waals surface area contributed by atoms with Crippen LogP contribution in [0, 0.1) is 5.82 Å². The number of pyridine rings is 1. The van der Waals surface area contributed by atoms with Crippen molar-refractivity contribution >= 4 is 34.2 Å². The van der Waals surface area contributed by atoms with Crippen molar-refractivity contribution in [2.45, 2.75) is 19.8 Å². The number of aromatic amines is 1. The molecular formula is C26H26FN7O2. The zero-order chi connectivity index (χ0) is 25.2. The highest BCUT2D eigenvalue weighted by Gasteiger charge is 2.28. The quantitative estimate of drug-likeness (QED) is 0.281. The molecule has 184 valence electrons. The SMILES string of the molecule is CC(C)c1cnc(-c2ccc(F)cc2)nc1Nc1ccnc2[nH]cc(C(=O)C(=O)N3CCNCC3)c12. The largest absolute Gasteiger partial charge is 0.345 e. The predicted octanol–water partition coefficient (Wildman–Crippen LogP) is 3.64. The number of benzene rings is 1. The first-order valence-corrected chi connectivity index (χ1v) is 11.8. The Morgan fingerprint density at radius 2 is 1.83 bits per heavy atom. The summed E-state index contributed by atoms with van der Waals surface area (Å²) in [6.07, 6.45) is 4.89. The van der Waals surface area contributed by atoms with Gasteiger partial charge in [-0.1, -0.05) is 13.8 Å². The van der Waals surface area contributed by atoms with E-state index in [1.807, 2.05) is 13.8 Å². The van der Waals surface area contributed by atoms with Gasteiger partial charge in [0, 0.05) is 55.9 Å². The number of ketones is 1. The van der Waals surface area contributed by atoms with Gasteiger partial charge in [0.25, 0.3) is 11.7 Å². The molecule has 0 bridgehead atoms. The monoisotopic (exact) mass is 487 g/mol. The minimum Gasteiger partial charge on any atom is -0.345 e. The van der Waals surface area contributed by atoms with Gasteiger partial charge in [-0.2, -0.15) is 0 Å². The summed E-state index contributed by atoms with van der Waals surface area (Å²) in [5.41, 5.74) is 2.86. The molecule has 0 saturated carbocycles. The Hall–Kier alpha value is -4.18. The Kier molecular flexibility index (Phi) is 6.43. The number of H-pyrrole nitrogens is 1. The smallest absolute Gasteiger partial charge is 0.295 e. The molecule has 9 nitrogen and oxygen atoms in total. The molecule has 0 unspecified atom stereocenters. The second-order valence-corrected chi connectivity index (χ2v) is 8.94. The Morgan fingerprint density at radius 3 is 2.56 bits per heavy atom. The van der Waals surface area contributed by atoms with E-state index in [2.05, 4.69) is 25.6 Å². The van der Waals surface area contributed by atoms with Gasteiger partial charge < -0.3 is 20.5 Å². The third kappa shape index (κ3) is 4.55. The Bertz CT molecular complexity index is 1430. The van der Waals surface area contributed by atoms with Crippen LogP contribution in [0.2, 0.25) is 0 Å². The van der Waals surface area contributed by atoms with E-state index in [1.165, 1.54) is 18.3 Å². The molecule has 1 amide bonds. The summed E-state index contributed by atoms with van der Waals surface area (Å²) in [5, 5.41) is 7.04. The van der Waals surface area contributed by atoms with Gasteiger partial charge in [-0.05, 0) is 36.2 Å². The van der Waals surface area contributed by atoms with E-state index in [9.17, 15) is 14.0 Å². The lowest BCUT2D eigenvalue weighted by Gasteiger charge is -2.26. The van der Waals surface area contributed by atoms with Gasteiger partial charge in [-0.15, -0.1) is 0 Å². The second-order valence-electron chi connectivity index (χ2n) is 8.94. The lowest BCUT2D eigenvalue weighted by atomic mass is 10.0. The number of nitrogens with one attached hydrogen (secondary N) is 3. The van der Waals surface area contributed by atoms with Gasteiger partial charge in [0.05, 0.1) is 16.6 Å². The second kappa shape index (κ2) is 9.82. The van der Waals surface area contributed by atoms with E-state index in [1.54, 1.807) is 35.5 Å². The van der Waals surface area contributed by atoms with E-state index in [0.717, 1.165) is 5.56 Å². The van der Waals surface area contributed by atoms with Crippen molar-refractivity contribution < 1.29 is 14.0 Å². The molecule has 36 heavy (non-hydrogen) atoms. The third-order valence-electron chi connectivity index (χ3n) is 6.21. The molecule has 0 radical (unpaired) electrons. The molecule has 0 aliphatic carbocycles. The molecular weight excluding hydrogens is 461 g/mol. The average molecular weight is 488 g/mol. The zero-order valence-corrected chi connectivity index (χ0v) is 20.0. The highest BCUT2D eigenvalue weighted by atomic mass is 19.1. The van der Waals surface area contributed by atoms with Crippen LogP contribution in [0.5, 0.6) is 0 Å². The number of hydrogen-bond donors (Lipinski definition) is 3. The van der Waals surface area contributed by atoms with Crippen LogP contribution in [0.25, 0.3) is 22.4 Å². The topological polar surface area (TPSA) is 116 Å². The van der Waals surface area contributed by atoms with Crippen LogP contribution in [0.4, 0.5) is 15.9 Å². The fourth-order valence-electron chi connectivity index (χ4n) is 4.25. The number of amides is 1. The maximum atomic E-state index is 13.4. The standard InChI is InChI=1S/C26H26FN7O2/c1-15(2)18-13-30-23(16-3-5-17(27)6-4-16)33-24(18)32-20-7-8-29-25-21(20)19(14-31-25)22(35)26(36)34-11-9-28-10-12-34/h3-8,13-15,28H,9-12H2,1-2H3,(H2,29,30,31,32,33). The van der Waals surface area contributed by atoms with Crippen molar-refractivity contribution in [1.29, 1.82) is 0 Å². The van der Waals surface area contributed by atoms with Crippen molar-refractivity contribution in [2.24, 2.45) is 0 Å². The average Bonchev–Trinajstić information content (AvgIpc) is 3.34. The summed E-state index contributed by atoms with van der Waals surface area (Å²) < 4.78 is 13.4. The Morgan fingerprint density at radius 1 is 1.08 bits per heavy atom. The molecule has 4 aromatic rings. The van der Waals surface area contributed by atoms with Crippen LogP contribution in [-0.2, 0) is 4.79 Å². The number of fused-ring (bicyclic) bond motifs is 1. The number of carbonyl (C=O) groups excluding carboxylic acids is 2. The van der Waals surface area contributed by atoms with Crippen molar-refractivity contribution in [3.05, 3.63) is 65.9 Å². The summed E-state index contributed by atoms with van der Waals surface area (Å²) in [6.45, 7) is 6.34. The van der Waals surface area contributed by atoms with Crippen molar-refractivity contribution in [3.8, 4) is 11.4 Å². The molecule has 3 N–H and O–H groups in total. The lowest BCUT2D eigenvalue weighted by molar-refractivity contribution is -0.126. The molecule has 4 heterocycles. The molecule has 1 aliphatic heterocycles. The highest BCUT2D eigenvalue weighted by Crippen LogP contribution is 2.32. The summed E-state index contributed by atoms with van der Waals surface area (Å²) in [6, 6.07) is 7.72. The third-order valence-corrected chi connectivity index (χ3v) is 6.21. The number of piperazine rings is 1. The van der Waals surface area contributed by atoms with E-state index in [4.69, 9.17) is 4.98 Å². The maximum absolute atomic E-state index is 13.4. The van der Waals surface area contributed by atoms with Gasteiger partial charge >= 0.3 is 0 Å². The van der Waals surface area contributed by atoms with Crippen LogP contribution in [0.15, 0.2) is 48.9 Å². The molecule has 5 rings (SSSR count). The fraction of sp³-hybridized carbons (Fsp3) is 0.269. The van der Waals surface area contributed by atoms with Crippen molar-refractivity contribution in [3.63, 3.8) is 0 Å². The number of rotatable bonds is 6. The number of Topliss-reactive ketones (excluding diaryl/α,β-unsaturated/α-hetero) is 1. The number of hydrogen-bond acceptors (Lipinski definition) is 7. The first-order valence-electron chi connectivity index (χ1n) is 11.8. The minimum atomic E-state index is -0.585.